The van der Waals surface area contributed by atoms with Crippen molar-refractivity contribution in [2.45, 2.75) is 27.2 Å². The molecule has 0 fully saturated rings. The quantitative estimate of drug-likeness (QED) is 0.558. The smallest absolute Gasteiger partial charge is 0.254 e. The number of nitrogens with zero attached hydrogens (tertiary/aromatic N) is 3. The molecular formula is C24H24N4O. The molecule has 0 radical (unpaired) electrons. The highest BCUT2D eigenvalue weighted by Crippen LogP contribution is 2.27. The number of rotatable bonds is 5. The van der Waals surface area contributed by atoms with Crippen molar-refractivity contribution in [3.05, 3.63) is 88.9 Å². The van der Waals surface area contributed by atoms with Crippen LogP contribution in [-0.2, 0) is 6.42 Å². The molecule has 0 bridgehead atoms. The van der Waals surface area contributed by atoms with Gasteiger partial charge in [-0.1, -0.05) is 60.2 Å². The van der Waals surface area contributed by atoms with Crippen LogP contribution in [0, 0.1) is 20.8 Å². The van der Waals surface area contributed by atoms with Gasteiger partial charge in [-0.3, -0.25) is 4.79 Å². The van der Waals surface area contributed by atoms with Crippen molar-refractivity contribution >= 4 is 11.6 Å². The molecular weight excluding hydrogens is 360 g/mol. The number of hydrogen-bond donors (Lipinski definition) is 1. The number of aromatic nitrogens is 3. The van der Waals surface area contributed by atoms with Gasteiger partial charge in [0.1, 0.15) is 0 Å². The first kappa shape index (κ1) is 18.9. The summed E-state index contributed by atoms with van der Waals surface area (Å²) in [5, 5.41) is 7.64. The van der Waals surface area contributed by atoms with E-state index in [-0.39, 0.29) is 5.91 Å². The molecule has 0 saturated heterocycles. The summed E-state index contributed by atoms with van der Waals surface area (Å²) in [5.74, 6) is -0.126. The zero-order valence-corrected chi connectivity index (χ0v) is 16.9. The van der Waals surface area contributed by atoms with E-state index in [1.54, 1.807) is 10.7 Å². The lowest BCUT2D eigenvalue weighted by Crippen LogP contribution is -2.27. The summed E-state index contributed by atoms with van der Waals surface area (Å²) in [4.78, 5) is 17.3. The van der Waals surface area contributed by atoms with E-state index >= 15 is 0 Å². The summed E-state index contributed by atoms with van der Waals surface area (Å²) in [6.45, 7) is 6.52. The van der Waals surface area contributed by atoms with Crippen LogP contribution in [0.5, 0.6) is 0 Å². The fraction of sp³-hybridized carbons (Fsp3) is 0.208. The van der Waals surface area contributed by atoms with E-state index < -0.39 is 0 Å². The Hall–Kier alpha value is -3.47. The fourth-order valence-electron chi connectivity index (χ4n) is 3.54. The van der Waals surface area contributed by atoms with E-state index in [0.29, 0.717) is 12.1 Å². The van der Waals surface area contributed by atoms with Gasteiger partial charge in [0.15, 0.2) is 5.65 Å². The monoisotopic (exact) mass is 384 g/mol. The standard InChI is InChI=1S/C24H24N4O/c1-16-9-11-19(12-10-16)13-14-25-24(29)21-15-26-23-22(20-7-5-4-6-8-20)17(2)27-28(23)18(21)3/h4-12,15H,13-14H2,1-3H3,(H,25,29). The average Bonchev–Trinajstić information content (AvgIpc) is 3.07. The molecule has 1 amide bonds. The third kappa shape index (κ3) is 3.76. The first-order valence-electron chi connectivity index (χ1n) is 9.78. The second-order valence-corrected chi connectivity index (χ2v) is 7.31. The molecule has 2 heterocycles. The summed E-state index contributed by atoms with van der Waals surface area (Å²) >= 11 is 0. The van der Waals surface area contributed by atoms with Gasteiger partial charge in [-0.25, -0.2) is 9.50 Å². The van der Waals surface area contributed by atoms with Crippen LogP contribution in [0.1, 0.15) is 32.9 Å². The average molecular weight is 384 g/mol. The molecule has 0 aliphatic rings. The third-order valence-corrected chi connectivity index (χ3v) is 5.19. The molecule has 5 heteroatoms. The van der Waals surface area contributed by atoms with Crippen LogP contribution < -0.4 is 5.32 Å². The Labute approximate surface area is 170 Å². The Balaban J connectivity index is 1.56. The van der Waals surface area contributed by atoms with Gasteiger partial charge < -0.3 is 5.32 Å². The van der Waals surface area contributed by atoms with E-state index in [2.05, 4.69) is 46.6 Å². The normalized spacial score (nSPS) is 11.0. The number of carbonyl (C=O) groups excluding carboxylic acids is 1. The van der Waals surface area contributed by atoms with Crippen molar-refractivity contribution in [2.24, 2.45) is 0 Å². The highest BCUT2D eigenvalue weighted by atomic mass is 16.1. The Kier molecular flexibility index (Phi) is 5.12. The molecule has 0 atom stereocenters. The molecule has 1 N–H and O–H groups in total. The van der Waals surface area contributed by atoms with Gasteiger partial charge in [0, 0.05) is 18.3 Å². The van der Waals surface area contributed by atoms with Crippen molar-refractivity contribution in [1.82, 2.24) is 19.9 Å². The highest BCUT2D eigenvalue weighted by Gasteiger charge is 2.18. The van der Waals surface area contributed by atoms with Crippen LogP contribution >= 0.6 is 0 Å². The molecule has 4 rings (SSSR count). The number of fused-ring (bicyclic) bond motifs is 1. The maximum absolute atomic E-state index is 12.7. The molecule has 0 aliphatic carbocycles. The van der Waals surface area contributed by atoms with Crippen LogP contribution in [0.3, 0.4) is 0 Å². The summed E-state index contributed by atoms with van der Waals surface area (Å²) in [6.07, 6.45) is 2.44. The largest absolute Gasteiger partial charge is 0.352 e. The summed E-state index contributed by atoms with van der Waals surface area (Å²) in [5.41, 5.74) is 7.50. The molecule has 5 nitrogen and oxygen atoms in total. The molecule has 0 saturated carbocycles. The van der Waals surface area contributed by atoms with Crippen LogP contribution in [0.25, 0.3) is 16.8 Å². The van der Waals surface area contributed by atoms with Crippen molar-refractivity contribution in [2.75, 3.05) is 6.54 Å². The van der Waals surface area contributed by atoms with Crippen LogP contribution in [0.4, 0.5) is 0 Å². The lowest BCUT2D eigenvalue weighted by molar-refractivity contribution is 0.0952. The SMILES string of the molecule is Cc1ccc(CCNC(=O)c2cnc3c(-c4ccccc4)c(C)nn3c2C)cc1. The van der Waals surface area contributed by atoms with E-state index in [9.17, 15) is 4.79 Å². The molecule has 0 aliphatic heterocycles. The fourth-order valence-corrected chi connectivity index (χ4v) is 3.54. The molecule has 146 valence electrons. The number of aryl methyl sites for hydroxylation is 3. The molecule has 2 aromatic carbocycles. The summed E-state index contributed by atoms with van der Waals surface area (Å²) in [6, 6.07) is 18.5. The lowest BCUT2D eigenvalue weighted by atomic mass is 10.1. The maximum Gasteiger partial charge on any atom is 0.254 e. The molecule has 2 aromatic heterocycles. The Morgan fingerprint density at radius 2 is 1.72 bits per heavy atom. The number of amides is 1. The third-order valence-electron chi connectivity index (χ3n) is 5.19. The van der Waals surface area contributed by atoms with Crippen molar-refractivity contribution < 1.29 is 4.79 Å². The summed E-state index contributed by atoms with van der Waals surface area (Å²) < 4.78 is 1.77. The van der Waals surface area contributed by atoms with E-state index in [1.807, 2.05) is 44.2 Å². The maximum atomic E-state index is 12.7. The van der Waals surface area contributed by atoms with Gasteiger partial charge >= 0.3 is 0 Å². The van der Waals surface area contributed by atoms with Gasteiger partial charge in [0.25, 0.3) is 5.91 Å². The lowest BCUT2D eigenvalue weighted by Gasteiger charge is -2.09. The van der Waals surface area contributed by atoms with Crippen LogP contribution in [0.2, 0.25) is 0 Å². The van der Waals surface area contributed by atoms with E-state index in [4.69, 9.17) is 0 Å². The number of carbonyl (C=O) groups is 1. The molecule has 29 heavy (non-hydrogen) atoms. The number of nitrogens with one attached hydrogen (secondary N) is 1. The van der Waals surface area contributed by atoms with Gasteiger partial charge in [0.2, 0.25) is 0 Å². The van der Waals surface area contributed by atoms with Crippen molar-refractivity contribution in [1.29, 1.82) is 0 Å². The van der Waals surface area contributed by atoms with E-state index in [1.165, 1.54) is 11.1 Å². The van der Waals surface area contributed by atoms with Gasteiger partial charge in [0.05, 0.1) is 17.0 Å². The predicted molar refractivity (Wildman–Crippen MR) is 115 cm³/mol. The van der Waals surface area contributed by atoms with Gasteiger partial charge in [-0.05, 0) is 38.3 Å². The highest BCUT2D eigenvalue weighted by molar-refractivity contribution is 5.95. The van der Waals surface area contributed by atoms with Gasteiger partial charge in [-0.2, -0.15) is 5.10 Å². The minimum absolute atomic E-state index is 0.126. The first-order chi connectivity index (χ1) is 14.0. The molecule has 4 aromatic rings. The molecule has 0 spiro atoms. The first-order valence-corrected chi connectivity index (χ1v) is 9.78. The predicted octanol–water partition coefficient (Wildman–Crippen LogP) is 4.29. The van der Waals surface area contributed by atoms with E-state index in [0.717, 1.165) is 34.6 Å². The Morgan fingerprint density at radius 1 is 1.00 bits per heavy atom. The van der Waals surface area contributed by atoms with Crippen molar-refractivity contribution in [3.63, 3.8) is 0 Å². The summed E-state index contributed by atoms with van der Waals surface area (Å²) in [7, 11) is 0. The topological polar surface area (TPSA) is 59.3 Å². The minimum atomic E-state index is -0.126. The second-order valence-electron chi connectivity index (χ2n) is 7.31. The number of benzene rings is 2. The van der Waals surface area contributed by atoms with Crippen LogP contribution in [0.15, 0.2) is 60.8 Å². The second kappa shape index (κ2) is 7.87. The van der Waals surface area contributed by atoms with Crippen LogP contribution in [-0.4, -0.2) is 27.0 Å². The van der Waals surface area contributed by atoms with Gasteiger partial charge in [-0.15, -0.1) is 0 Å². The minimum Gasteiger partial charge on any atom is -0.352 e. The Bertz CT molecular complexity index is 1160. The zero-order valence-electron chi connectivity index (χ0n) is 16.9. The number of hydrogen-bond acceptors (Lipinski definition) is 3. The zero-order chi connectivity index (χ0) is 20.4. The van der Waals surface area contributed by atoms with Crippen molar-refractivity contribution in [3.8, 4) is 11.1 Å². The molecule has 0 unspecified atom stereocenters. The Morgan fingerprint density at radius 3 is 2.45 bits per heavy atom.